The largest absolute Gasteiger partial charge is 0.490 e. The Balaban J connectivity index is 1.72. The molecule has 26 heavy (non-hydrogen) atoms. The molecule has 7 heteroatoms. The van der Waals surface area contributed by atoms with Gasteiger partial charge in [0.15, 0.2) is 5.78 Å². The Hall–Kier alpha value is -2.38. The lowest BCUT2D eigenvalue weighted by Gasteiger charge is -2.22. The molecule has 5 N–H and O–H groups in total. The fourth-order valence-electron chi connectivity index (χ4n) is 2.75. The van der Waals surface area contributed by atoms with Gasteiger partial charge in [-0.15, -0.1) is 0 Å². The fraction of sp³-hybridized carbons (Fsp3) is 0.474. The molecule has 2 aliphatic carbocycles. The highest BCUT2D eigenvalue weighted by molar-refractivity contribution is 5.90. The molecule has 0 radical (unpaired) electrons. The zero-order chi connectivity index (χ0) is 19.3. The van der Waals surface area contributed by atoms with E-state index in [2.05, 4.69) is 0 Å². The predicted molar refractivity (Wildman–Crippen MR) is 96.5 cm³/mol. The van der Waals surface area contributed by atoms with Crippen LogP contribution in [0.3, 0.4) is 0 Å². The van der Waals surface area contributed by atoms with Crippen molar-refractivity contribution in [3.05, 3.63) is 47.4 Å². The van der Waals surface area contributed by atoms with Gasteiger partial charge in [-0.1, -0.05) is 6.08 Å². The van der Waals surface area contributed by atoms with Crippen molar-refractivity contribution in [1.82, 2.24) is 0 Å². The van der Waals surface area contributed by atoms with E-state index in [4.69, 9.17) is 20.9 Å². The number of rotatable bonds is 7. The average Bonchev–Trinajstić information content (AvgIpc) is 2.56. The number of ether oxygens (including phenoxy) is 2. The number of ketones is 1. The van der Waals surface area contributed by atoms with Gasteiger partial charge < -0.3 is 26.0 Å². The summed E-state index contributed by atoms with van der Waals surface area (Å²) in [5, 5.41) is 9.76. The second kappa shape index (κ2) is 8.33. The van der Waals surface area contributed by atoms with Gasteiger partial charge in [-0.2, -0.15) is 0 Å². The molecule has 2 atom stereocenters. The first kappa shape index (κ1) is 19.9. The highest BCUT2D eigenvalue weighted by Gasteiger charge is 2.30. The third-order valence-electron chi connectivity index (χ3n) is 4.06. The van der Waals surface area contributed by atoms with Gasteiger partial charge in [0.1, 0.15) is 24.6 Å². The van der Waals surface area contributed by atoms with Crippen molar-refractivity contribution in [3.8, 4) is 0 Å². The quantitative estimate of drug-likeness (QED) is 0.453. The molecule has 0 saturated carbocycles. The number of hydrogen-bond acceptors (Lipinski definition) is 7. The molecule has 0 aromatic carbocycles. The van der Waals surface area contributed by atoms with E-state index in [9.17, 15) is 14.7 Å². The lowest BCUT2D eigenvalue weighted by molar-refractivity contribution is -0.140. The summed E-state index contributed by atoms with van der Waals surface area (Å²) in [4.78, 5) is 24.0. The molecule has 0 heterocycles. The highest BCUT2D eigenvalue weighted by Crippen LogP contribution is 2.22. The van der Waals surface area contributed by atoms with E-state index in [1.54, 1.807) is 30.4 Å². The van der Waals surface area contributed by atoms with E-state index < -0.39 is 11.6 Å². The number of esters is 1. The predicted octanol–water partition coefficient (Wildman–Crippen LogP) is 0.846. The van der Waals surface area contributed by atoms with Gasteiger partial charge in [0, 0.05) is 23.2 Å². The zero-order valence-electron chi connectivity index (χ0n) is 15.1. The van der Waals surface area contributed by atoms with Crippen molar-refractivity contribution in [2.24, 2.45) is 17.4 Å². The summed E-state index contributed by atoms with van der Waals surface area (Å²) in [6.07, 6.45) is 9.30. The van der Waals surface area contributed by atoms with Crippen molar-refractivity contribution in [2.75, 3.05) is 13.2 Å². The van der Waals surface area contributed by atoms with Crippen molar-refractivity contribution in [3.63, 3.8) is 0 Å². The number of allylic oxidation sites excluding steroid dienone is 4. The Morgan fingerprint density at radius 2 is 2.08 bits per heavy atom. The third kappa shape index (κ3) is 5.57. The van der Waals surface area contributed by atoms with Crippen LogP contribution in [0.25, 0.3) is 0 Å². The second-order valence-corrected chi connectivity index (χ2v) is 6.92. The zero-order valence-corrected chi connectivity index (χ0v) is 15.1. The second-order valence-electron chi connectivity index (χ2n) is 6.92. The monoisotopic (exact) mass is 362 g/mol. The summed E-state index contributed by atoms with van der Waals surface area (Å²) >= 11 is 0. The van der Waals surface area contributed by atoms with Crippen molar-refractivity contribution < 1.29 is 24.2 Å². The Labute approximate surface area is 153 Å². The van der Waals surface area contributed by atoms with Crippen LogP contribution in [0.1, 0.15) is 26.7 Å². The van der Waals surface area contributed by atoms with Gasteiger partial charge in [0.05, 0.1) is 0 Å². The fourth-order valence-corrected chi connectivity index (χ4v) is 2.75. The normalized spacial score (nSPS) is 22.8. The van der Waals surface area contributed by atoms with Gasteiger partial charge >= 0.3 is 5.97 Å². The van der Waals surface area contributed by atoms with Gasteiger partial charge in [0.2, 0.25) is 0 Å². The molecule has 0 fully saturated rings. The molecule has 0 aromatic heterocycles. The molecule has 7 nitrogen and oxygen atoms in total. The molecule has 0 bridgehead atoms. The summed E-state index contributed by atoms with van der Waals surface area (Å²) < 4.78 is 10.7. The minimum Gasteiger partial charge on any atom is -0.490 e. The Bertz CT molecular complexity index is 683. The number of hydrogen-bond donors (Lipinski definition) is 3. The topological polar surface area (TPSA) is 125 Å². The number of carbonyl (C=O) groups excluding carboxylic acids is 2. The highest BCUT2D eigenvalue weighted by atomic mass is 16.6. The Kier molecular flexibility index (Phi) is 6.39. The molecule has 142 valence electrons. The molecule has 2 unspecified atom stereocenters. The van der Waals surface area contributed by atoms with Crippen LogP contribution in [0.2, 0.25) is 0 Å². The number of aliphatic hydroxyl groups is 1. The molecule has 0 spiro atoms. The molecule has 2 aliphatic rings. The van der Waals surface area contributed by atoms with E-state index in [0.29, 0.717) is 29.9 Å². The van der Waals surface area contributed by atoms with Gasteiger partial charge in [-0.25, -0.2) is 4.79 Å². The summed E-state index contributed by atoms with van der Waals surface area (Å²) in [6.45, 7) is 3.24. The van der Waals surface area contributed by atoms with Crippen LogP contribution < -0.4 is 11.5 Å². The first-order chi connectivity index (χ1) is 12.2. The Morgan fingerprint density at radius 1 is 1.35 bits per heavy atom. The molecule has 0 saturated heterocycles. The average molecular weight is 362 g/mol. The van der Waals surface area contributed by atoms with Gasteiger partial charge in [0.25, 0.3) is 0 Å². The molecule has 0 amide bonds. The summed E-state index contributed by atoms with van der Waals surface area (Å²) in [5.41, 5.74) is 11.0. The maximum atomic E-state index is 12.0. The lowest BCUT2D eigenvalue weighted by Crippen LogP contribution is -2.36. The van der Waals surface area contributed by atoms with E-state index >= 15 is 0 Å². The van der Waals surface area contributed by atoms with Crippen LogP contribution >= 0.6 is 0 Å². The minimum atomic E-state index is -1.36. The van der Waals surface area contributed by atoms with Crippen LogP contribution in [0.4, 0.5) is 0 Å². The van der Waals surface area contributed by atoms with Crippen LogP contribution in [0, 0.1) is 5.92 Å². The number of nitrogens with two attached hydrogens (primary N) is 2. The minimum absolute atomic E-state index is 0.0895. The smallest absolute Gasteiger partial charge is 0.334 e. The summed E-state index contributed by atoms with van der Waals surface area (Å²) in [6, 6.07) is -0.282. The molecular formula is C19H26N2O5. The molecule has 0 aromatic rings. The maximum absolute atomic E-state index is 12.0. The van der Waals surface area contributed by atoms with E-state index in [1.165, 1.54) is 13.8 Å². The van der Waals surface area contributed by atoms with Crippen LogP contribution in [-0.2, 0) is 19.1 Å². The van der Waals surface area contributed by atoms with Gasteiger partial charge in [-0.05, 0) is 51.0 Å². The number of Topliss-reactive ketones (excluding diaryl/α,β-unsaturated/α-hetero) is 1. The first-order valence-corrected chi connectivity index (χ1v) is 8.55. The van der Waals surface area contributed by atoms with Crippen LogP contribution in [0.5, 0.6) is 0 Å². The molecular weight excluding hydrogens is 336 g/mol. The maximum Gasteiger partial charge on any atom is 0.334 e. The van der Waals surface area contributed by atoms with Gasteiger partial charge in [-0.3, -0.25) is 4.79 Å². The van der Waals surface area contributed by atoms with E-state index in [-0.39, 0.29) is 31.0 Å². The third-order valence-corrected chi connectivity index (χ3v) is 4.06. The Morgan fingerprint density at radius 3 is 2.65 bits per heavy atom. The van der Waals surface area contributed by atoms with Crippen LogP contribution in [0.15, 0.2) is 47.4 Å². The summed E-state index contributed by atoms with van der Waals surface area (Å²) in [7, 11) is 0. The first-order valence-electron chi connectivity index (χ1n) is 8.55. The molecule has 0 aliphatic heterocycles. The number of carbonyl (C=O) groups is 2. The standard InChI is InChI=1S/C19H26N2O5/c1-19(2,24)17(22)12-3-5-16(6-4-12)25-7-8-26-18(23)13-9-14(20)11-15(21)10-13/h3,5-6,9,11-12,15,24H,4,7-8,10,20-21H2,1-2H3. The SMILES string of the molecule is CC(C)(O)C(=O)C1C=CC(OCCOC(=O)C2=CC(N)=CC(N)C2)=CC1. The van der Waals surface area contributed by atoms with E-state index in [0.717, 1.165) is 0 Å². The van der Waals surface area contributed by atoms with Crippen LogP contribution in [-0.4, -0.2) is 41.7 Å². The van der Waals surface area contributed by atoms with Crippen molar-refractivity contribution in [1.29, 1.82) is 0 Å². The van der Waals surface area contributed by atoms with Crippen molar-refractivity contribution >= 4 is 11.8 Å². The van der Waals surface area contributed by atoms with Crippen molar-refractivity contribution in [2.45, 2.75) is 38.3 Å². The lowest BCUT2D eigenvalue weighted by atomic mass is 9.87. The summed E-state index contributed by atoms with van der Waals surface area (Å²) in [5.74, 6) is -0.442. The molecule has 2 rings (SSSR count). The van der Waals surface area contributed by atoms with E-state index in [1.807, 2.05) is 0 Å².